The second-order valence-corrected chi connectivity index (χ2v) is 5.41. The van der Waals surface area contributed by atoms with Crippen LogP contribution in [0.15, 0.2) is 24.3 Å². The first-order chi connectivity index (χ1) is 9.97. The van der Waals surface area contributed by atoms with Crippen molar-refractivity contribution in [3.8, 4) is 0 Å². The van der Waals surface area contributed by atoms with Crippen molar-refractivity contribution in [1.29, 1.82) is 0 Å². The number of hydrogen-bond acceptors (Lipinski definition) is 4. The fraction of sp³-hybridized carbons (Fsp3) is 0.438. The van der Waals surface area contributed by atoms with E-state index in [-0.39, 0.29) is 29.9 Å². The number of amides is 1. The van der Waals surface area contributed by atoms with Gasteiger partial charge in [0.25, 0.3) is 0 Å². The molecule has 1 heterocycles. The summed E-state index contributed by atoms with van der Waals surface area (Å²) in [7, 11) is 0. The molecule has 1 fully saturated rings. The van der Waals surface area contributed by atoms with E-state index in [0.717, 1.165) is 5.56 Å². The molecule has 0 unspecified atom stereocenters. The minimum absolute atomic E-state index is 0.0168. The molecule has 0 radical (unpaired) electrons. The van der Waals surface area contributed by atoms with Gasteiger partial charge in [0.1, 0.15) is 5.78 Å². The van der Waals surface area contributed by atoms with Crippen molar-refractivity contribution < 1.29 is 14.4 Å². The van der Waals surface area contributed by atoms with Crippen molar-refractivity contribution in [2.75, 3.05) is 6.54 Å². The Morgan fingerprint density at radius 1 is 1.29 bits per heavy atom. The standard InChI is InChI=1S/C16H20N2O3/c1-10(12-3-5-13(6-4-12)11(2)19)18-16(21)15-9-14(20)7-8-17-15/h3-6,10,15,17H,7-9H2,1-2H3,(H,18,21)/t10-,15+/m0/s1. The molecule has 1 aliphatic heterocycles. The van der Waals surface area contributed by atoms with Crippen LogP contribution >= 0.6 is 0 Å². The number of benzene rings is 1. The van der Waals surface area contributed by atoms with Gasteiger partial charge in [-0.05, 0) is 19.4 Å². The highest BCUT2D eigenvalue weighted by Gasteiger charge is 2.26. The van der Waals surface area contributed by atoms with Gasteiger partial charge >= 0.3 is 0 Å². The molecule has 0 bridgehead atoms. The van der Waals surface area contributed by atoms with Crippen LogP contribution in [0, 0.1) is 0 Å². The van der Waals surface area contributed by atoms with Crippen LogP contribution in [0.2, 0.25) is 0 Å². The maximum Gasteiger partial charge on any atom is 0.238 e. The van der Waals surface area contributed by atoms with Gasteiger partial charge in [-0.2, -0.15) is 0 Å². The summed E-state index contributed by atoms with van der Waals surface area (Å²) >= 11 is 0. The van der Waals surface area contributed by atoms with Gasteiger partial charge in [0, 0.05) is 24.9 Å². The highest BCUT2D eigenvalue weighted by Crippen LogP contribution is 2.14. The van der Waals surface area contributed by atoms with E-state index in [1.54, 1.807) is 12.1 Å². The monoisotopic (exact) mass is 288 g/mol. The third-order valence-corrected chi connectivity index (χ3v) is 3.72. The van der Waals surface area contributed by atoms with E-state index in [4.69, 9.17) is 0 Å². The fourth-order valence-electron chi connectivity index (χ4n) is 2.38. The highest BCUT2D eigenvalue weighted by atomic mass is 16.2. The lowest BCUT2D eigenvalue weighted by Gasteiger charge is -2.24. The van der Waals surface area contributed by atoms with E-state index in [2.05, 4.69) is 10.6 Å². The number of carbonyl (C=O) groups excluding carboxylic acids is 3. The summed E-state index contributed by atoms with van der Waals surface area (Å²) in [5, 5.41) is 5.95. The molecule has 5 nitrogen and oxygen atoms in total. The lowest BCUT2D eigenvalue weighted by atomic mass is 10.0. The summed E-state index contributed by atoms with van der Waals surface area (Å²) in [6.07, 6.45) is 0.744. The second kappa shape index (κ2) is 6.63. The van der Waals surface area contributed by atoms with Crippen LogP contribution in [-0.4, -0.2) is 30.1 Å². The van der Waals surface area contributed by atoms with Crippen molar-refractivity contribution in [3.05, 3.63) is 35.4 Å². The Bertz CT molecular complexity index is 551. The molecule has 1 aliphatic rings. The predicted molar refractivity (Wildman–Crippen MR) is 79.0 cm³/mol. The Morgan fingerprint density at radius 3 is 2.52 bits per heavy atom. The first-order valence-electron chi connectivity index (χ1n) is 7.13. The van der Waals surface area contributed by atoms with E-state index < -0.39 is 6.04 Å². The Morgan fingerprint density at radius 2 is 1.95 bits per heavy atom. The highest BCUT2D eigenvalue weighted by molar-refractivity contribution is 5.94. The minimum atomic E-state index is -0.440. The summed E-state index contributed by atoms with van der Waals surface area (Å²) < 4.78 is 0. The van der Waals surface area contributed by atoms with Crippen molar-refractivity contribution in [2.45, 2.75) is 38.8 Å². The van der Waals surface area contributed by atoms with Crippen LogP contribution in [0.5, 0.6) is 0 Å². The molecule has 112 valence electrons. The quantitative estimate of drug-likeness (QED) is 0.821. The fourth-order valence-corrected chi connectivity index (χ4v) is 2.38. The zero-order valence-electron chi connectivity index (χ0n) is 12.3. The zero-order valence-corrected chi connectivity index (χ0v) is 12.3. The molecule has 21 heavy (non-hydrogen) atoms. The molecule has 0 spiro atoms. The Kier molecular flexibility index (Phi) is 4.85. The maximum absolute atomic E-state index is 12.1. The van der Waals surface area contributed by atoms with Crippen LogP contribution in [0.4, 0.5) is 0 Å². The average Bonchev–Trinajstić information content (AvgIpc) is 2.47. The molecule has 2 N–H and O–H groups in total. The van der Waals surface area contributed by atoms with Crippen molar-refractivity contribution >= 4 is 17.5 Å². The lowest BCUT2D eigenvalue weighted by Crippen LogP contribution is -2.49. The summed E-state index contributed by atoms with van der Waals surface area (Å²) in [6, 6.07) is 6.57. The van der Waals surface area contributed by atoms with Crippen molar-refractivity contribution in [1.82, 2.24) is 10.6 Å². The van der Waals surface area contributed by atoms with Gasteiger partial charge in [0.15, 0.2) is 5.78 Å². The molecule has 1 saturated heterocycles. The molecule has 1 amide bonds. The Hall–Kier alpha value is -2.01. The van der Waals surface area contributed by atoms with Gasteiger partial charge in [0.2, 0.25) is 5.91 Å². The number of ketones is 2. The molecule has 2 atom stereocenters. The van der Waals surface area contributed by atoms with Crippen molar-refractivity contribution in [3.63, 3.8) is 0 Å². The first-order valence-corrected chi connectivity index (χ1v) is 7.13. The molecule has 0 aromatic heterocycles. The smallest absolute Gasteiger partial charge is 0.238 e. The largest absolute Gasteiger partial charge is 0.348 e. The Balaban J connectivity index is 1.96. The SMILES string of the molecule is CC(=O)c1ccc([C@H](C)NC(=O)[C@H]2CC(=O)CCN2)cc1. The van der Waals surface area contributed by atoms with Gasteiger partial charge in [-0.25, -0.2) is 0 Å². The summed E-state index contributed by atoms with van der Waals surface area (Å²) in [4.78, 5) is 34.7. The maximum atomic E-state index is 12.1. The topological polar surface area (TPSA) is 75.3 Å². The third kappa shape index (κ3) is 3.98. The number of Topliss-reactive ketones (excluding diaryl/α,β-unsaturated/α-hetero) is 2. The van der Waals surface area contributed by atoms with E-state index in [0.29, 0.717) is 18.5 Å². The molecule has 1 aromatic rings. The van der Waals surface area contributed by atoms with Gasteiger partial charge in [-0.15, -0.1) is 0 Å². The molecule has 1 aromatic carbocycles. The van der Waals surface area contributed by atoms with Gasteiger partial charge < -0.3 is 10.6 Å². The predicted octanol–water partition coefficient (Wildman–Crippen LogP) is 1.39. The number of hydrogen-bond donors (Lipinski definition) is 2. The molecule has 0 saturated carbocycles. The zero-order chi connectivity index (χ0) is 15.4. The molecular formula is C16H20N2O3. The van der Waals surface area contributed by atoms with E-state index >= 15 is 0 Å². The van der Waals surface area contributed by atoms with Crippen LogP contribution in [0.3, 0.4) is 0 Å². The lowest BCUT2D eigenvalue weighted by molar-refractivity contribution is -0.129. The molecule has 0 aliphatic carbocycles. The minimum Gasteiger partial charge on any atom is -0.348 e. The van der Waals surface area contributed by atoms with E-state index in [1.807, 2.05) is 19.1 Å². The number of piperidine rings is 1. The van der Waals surface area contributed by atoms with Crippen LogP contribution < -0.4 is 10.6 Å². The molecule has 2 rings (SSSR count). The van der Waals surface area contributed by atoms with Gasteiger partial charge in [-0.3, -0.25) is 14.4 Å². The molecule has 5 heteroatoms. The summed E-state index contributed by atoms with van der Waals surface area (Å²) in [5.74, 6) is -0.0262. The summed E-state index contributed by atoms with van der Waals surface area (Å²) in [5.41, 5.74) is 1.58. The van der Waals surface area contributed by atoms with Gasteiger partial charge in [0.05, 0.1) is 12.1 Å². The average molecular weight is 288 g/mol. The molecular weight excluding hydrogens is 268 g/mol. The number of rotatable bonds is 4. The van der Waals surface area contributed by atoms with Crippen molar-refractivity contribution in [2.24, 2.45) is 0 Å². The van der Waals surface area contributed by atoms with Gasteiger partial charge in [-0.1, -0.05) is 24.3 Å². The van der Waals surface area contributed by atoms with Crippen LogP contribution in [0.25, 0.3) is 0 Å². The second-order valence-electron chi connectivity index (χ2n) is 5.41. The van der Waals surface area contributed by atoms with Crippen LogP contribution in [0.1, 0.15) is 48.7 Å². The normalized spacial score (nSPS) is 19.9. The van der Waals surface area contributed by atoms with E-state index in [9.17, 15) is 14.4 Å². The van der Waals surface area contributed by atoms with E-state index in [1.165, 1.54) is 6.92 Å². The number of carbonyl (C=O) groups is 3. The Labute approximate surface area is 124 Å². The number of nitrogens with one attached hydrogen (secondary N) is 2. The third-order valence-electron chi connectivity index (χ3n) is 3.72. The summed E-state index contributed by atoms with van der Waals surface area (Å²) in [6.45, 7) is 3.95. The van der Waals surface area contributed by atoms with Crippen LogP contribution in [-0.2, 0) is 9.59 Å². The first kappa shape index (κ1) is 15.4.